The Balaban J connectivity index is 1.47. The Bertz CT molecular complexity index is 634. The van der Waals surface area contributed by atoms with E-state index in [-0.39, 0.29) is 18.1 Å². The highest BCUT2D eigenvalue weighted by Crippen LogP contribution is 2.16. The monoisotopic (exact) mass is 329 g/mol. The molecule has 0 aliphatic carbocycles. The standard InChI is InChI=1S/C18H23N3O3/c1-14(12-21-10-3-9-19-21)20-18(22)15-5-7-16(8-6-15)24-13-17-4-2-11-23-17/h3,5-10,14,17H,2,4,11-13H2,1H3,(H,20,22)/t14-,17-/m1/s1. The molecule has 1 fully saturated rings. The predicted molar refractivity (Wildman–Crippen MR) is 90.1 cm³/mol. The highest BCUT2D eigenvalue weighted by Gasteiger charge is 2.16. The molecule has 24 heavy (non-hydrogen) atoms. The van der Waals surface area contributed by atoms with Gasteiger partial charge in [-0.05, 0) is 50.1 Å². The number of nitrogens with zero attached hydrogens (tertiary/aromatic N) is 2. The van der Waals surface area contributed by atoms with Crippen LogP contribution in [0.15, 0.2) is 42.7 Å². The summed E-state index contributed by atoms with van der Waals surface area (Å²) >= 11 is 0. The number of hydrogen-bond acceptors (Lipinski definition) is 4. The van der Waals surface area contributed by atoms with E-state index in [0.29, 0.717) is 18.7 Å². The summed E-state index contributed by atoms with van der Waals surface area (Å²) in [4.78, 5) is 12.3. The van der Waals surface area contributed by atoms with Gasteiger partial charge in [0.05, 0.1) is 12.6 Å². The molecule has 0 saturated carbocycles. The van der Waals surface area contributed by atoms with Crippen LogP contribution >= 0.6 is 0 Å². The Morgan fingerprint density at radius 2 is 2.29 bits per heavy atom. The van der Waals surface area contributed by atoms with Crippen LogP contribution in [0.4, 0.5) is 0 Å². The SMILES string of the molecule is C[C@H](Cn1cccn1)NC(=O)c1ccc(OC[C@H]2CCCO2)cc1. The van der Waals surface area contributed by atoms with Crippen LogP contribution in [0.3, 0.4) is 0 Å². The quantitative estimate of drug-likeness (QED) is 0.846. The third-order valence-corrected chi connectivity index (χ3v) is 3.97. The Labute approximate surface area is 141 Å². The molecule has 0 unspecified atom stereocenters. The van der Waals surface area contributed by atoms with Crippen molar-refractivity contribution >= 4 is 5.91 Å². The van der Waals surface area contributed by atoms with Crippen molar-refractivity contribution in [2.24, 2.45) is 0 Å². The van der Waals surface area contributed by atoms with Gasteiger partial charge >= 0.3 is 0 Å². The molecule has 0 spiro atoms. The minimum Gasteiger partial charge on any atom is -0.491 e. The molecule has 1 aliphatic heterocycles. The van der Waals surface area contributed by atoms with Crippen molar-refractivity contribution < 1.29 is 14.3 Å². The van der Waals surface area contributed by atoms with Crippen molar-refractivity contribution in [1.82, 2.24) is 15.1 Å². The number of amides is 1. The van der Waals surface area contributed by atoms with E-state index in [1.54, 1.807) is 23.0 Å². The first-order valence-corrected chi connectivity index (χ1v) is 8.33. The summed E-state index contributed by atoms with van der Waals surface area (Å²) in [5.41, 5.74) is 0.617. The molecule has 2 atom stereocenters. The largest absolute Gasteiger partial charge is 0.491 e. The lowest BCUT2D eigenvalue weighted by molar-refractivity contribution is 0.0679. The van der Waals surface area contributed by atoms with E-state index in [2.05, 4.69) is 10.4 Å². The summed E-state index contributed by atoms with van der Waals surface area (Å²) in [7, 11) is 0. The molecule has 1 amide bonds. The van der Waals surface area contributed by atoms with Crippen LogP contribution in [0.2, 0.25) is 0 Å². The van der Waals surface area contributed by atoms with Gasteiger partial charge in [0.25, 0.3) is 5.91 Å². The van der Waals surface area contributed by atoms with Gasteiger partial charge in [-0.25, -0.2) is 0 Å². The first-order valence-electron chi connectivity index (χ1n) is 8.33. The molecule has 0 radical (unpaired) electrons. The number of rotatable bonds is 7. The molecule has 1 aromatic heterocycles. The highest BCUT2D eigenvalue weighted by atomic mass is 16.5. The fraction of sp³-hybridized carbons (Fsp3) is 0.444. The normalized spacial score (nSPS) is 18.3. The highest BCUT2D eigenvalue weighted by molar-refractivity contribution is 5.94. The molecule has 1 aliphatic rings. The second kappa shape index (κ2) is 7.97. The smallest absolute Gasteiger partial charge is 0.251 e. The average molecular weight is 329 g/mol. The zero-order valence-electron chi connectivity index (χ0n) is 13.9. The molecular weight excluding hydrogens is 306 g/mol. The van der Waals surface area contributed by atoms with Crippen molar-refractivity contribution in [3.8, 4) is 5.75 Å². The Hall–Kier alpha value is -2.34. The number of ether oxygens (including phenoxy) is 2. The summed E-state index contributed by atoms with van der Waals surface area (Å²) < 4.78 is 13.0. The summed E-state index contributed by atoms with van der Waals surface area (Å²) in [6, 6.07) is 9.06. The lowest BCUT2D eigenvalue weighted by Gasteiger charge is -2.14. The van der Waals surface area contributed by atoms with Gasteiger partial charge in [-0.2, -0.15) is 5.10 Å². The van der Waals surface area contributed by atoms with Gasteiger partial charge in [0.15, 0.2) is 0 Å². The van der Waals surface area contributed by atoms with Gasteiger partial charge in [0.1, 0.15) is 12.4 Å². The molecule has 3 rings (SSSR count). The maximum absolute atomic E-state index is 12.3. The zero-order valence-corrected chi connectivity index (χ0v) is 13.9. The Morgan fingerprint density at radius 3 is 2.96 bits per heavy atom. The zero-order chi connectivity index (χ0) is 16.8. The van der Waals surface area contributed by atoms with Gasteiger partial charge < -0.3 is 14.8 Å². The van der Waals surface area contributed by atoms with Crippen molar-refractivity contribution in [2.75, 3.05) is 13.2 Å². The van der Waals surface area contributed by atoms with Crippen LogP contribution in [-0.2, 0) is 11.3 Å². The number of nitrogens with one attached hydrogen (secondary N) is 1. The van der Waals surface area contributed by atoms with Crippen LogP contribution < -0.4 is 10.1 Å². The molecular formula is C18H23N3O3. The molecule has 2 heterocycles. The van der Waals surface area contributed by atoms with E-state index >= 15 is 0 Å². The van der Waals surface area contributed by atoms with Crippen molar-refractivity contribution in [3.63, 3.8) is 0 Å². The van der Waals surface area contributed by atoms with Gasteiger partial charge in [-0.1, -0.05) is 0 Å². The van der Waals surface area contributed by atoms with Crippen LogP contribution in [0.25, 0.3) is 0 Å². The summed E-state index contributed by atoms with van der Waals surface area (Å²) in [6.07, 6.45) is 5.95. The van der Waals surface area contributed by atoms with Gasteiger partial charge in [0, 0.05) is 30.6 Å². The Kier molecular flexibility index (Phi) is 5.48. The number of carbonyl (C=O) groups excluding carboxylic acids is 1. The molecule has 1 aromatic carbocycles. The lowest BCUT2D eigenvalue weighted by atomic mass is 10.2. The summed E-state index contributed by atoms with van der Waals surface area (Å²) in [6.45, 7) is 3.98. The van der Waals surface area contributed by atoms with Crippen LogP contribution in [-0.4, -0.2) is 41.0 Å². The molecule has 6 heteroatoms. The third-order valence-electron chi connectivity index (χ3n) is 3.97. The maximum atomic E-state index is 12.3. The first kappa shape index (κ1) is 16.5. The minimum atomic E-state index is -0.0969. The van der Waals surface area contributed by atoms with Gasteiger partial charge in [-0.15, -0.1) is 0 Å². The topological polar surface area (TPSA) is 65.4 Å². The van der Waals surface area contributed by atoms with E-state index < -0.39 is 0 Å². The van der Waals surface area contributed by atoms with Crippen LogP contribution in [0.1, 0.15) is 30.1 Å². The van der Waals surface area contributed by atoms with Gasteiger partial charge in [-0.3, -0.25) is 9.48 Å². The summed E-state index contributed by atoms with van der Waals surface area (Å²) in [5.74, 6) is 0.659. The minimum absolute atomic E-state index is 0.00663. The second-order valence-electron chi connectivity index (χ2n) is 6.07. The molecule has 1 N–H and O–H groups in total. The van der Waals surface area contributed by atoms with Crippen molar-refractivity contribution in [2.45, 2.75) is 38.5 Å². The van der Waals surface area contributed by atoms with E-state index in [4.69, 9.17) is 9.47 Å². The number of aromatic nitrogens is 2. The van der Waals surface area contributed by atoms with E-state index in [1.807, 2.05) is 31.3 Å². The fourth-order valence-electron chi connectivity index (χ4n) is 2.71. The Morgan fingerprint density at radius 1 is 1.46 bits per heavy atom. The molecule has 6 nitrogen and oxygen atoms in total. The molecule has 0 bridgehead atoms. The second-order valence-corrected chi connectivity index (χ2v) is 6.07. The fourth-order valence-corrected chi connectivity index (χ4v) is 2.71. The van der Waals surface area contributed by atoms with Gasteiger partial charge in [0.2, 0.25) is 0 Å². The number of hydrogen-bond donors (Lipinski definition) is 1. The number of carbonyl (C=O) groups is 1. The molecule has 1 saturated heterocycles. The van der Waals surface area contributed by atoms with E-state index in [9.17, 15) is 4.79 Å². The van der Waals surface area contributed by atoms with E-state index in [1.165, 1.54) is 0 Å². The van der Waals surface area contributed by atoms with Crippen molar-refractivity contribution in [1.29, 1.82) is 0 Å². The van der Waals surface area contributed by atoms with E-state index in [0.717, 1.165) is 25.2 Å². The average Bonchev–Trinajstić information content (AvgIpc) is 3.27. The van der Waals surface area contributed by atoms with Crippen molar-refractivity contribution in [3.05, 3.63) is 48.3 Å². The molecule has 2 aromatic rings. The predicted octanol–water partition coefficient (Wildman–Crippen LogP) is 2.26. The maximum Gasteiger partial charge on any atom is 0.251 e. The lowest BCUT2D eigenvalue weighted by Crippen LogP contribution is -2.35. The first-order chi connectivity index (χ1) is 11.7. The van der Waals surface area contributed by atoms with Crippen LogP contribution in [0.5, 0.6) is 5.75 Å². The van der Waals surface area contributed by atoms with Crippen LogP contribution in [0, 0.1) is 0 Å². The summed E-state index contributed by atoms with van der Waals surface area (Å²) in [5, 5.41) is 7.11. The third kappa shape index (κ3) is 4.58. The molecule has 128 valence electrons. The number of benzene rings is 1.